The molecule has 0 N–H and O–H groups in total. The van der Waals surface area contributed by atoms with Crippen molar-refractivity contribution in [2.45, 2.75) is 26.9 Å². The van der Waals surface area contributed by atoms with E-state index in [2.05, 4.69) is 15.9 Å². The van der Waals surface area contributed by atoms with E-state index in [-0.39, 0.29) is 11.9 Å². The lowest BCUT2D eigenvalue weighted by molar-refractivity contribution is 0.0376. The molecule has 0 saturated heterocycles. The molecule has 5 nitrogen and oxygen atoms in total. The van der Waals surface area contributed by atoms with Crippen molar-refractivity contribution in [2.24, 2.45) is 0 Å². The van der Waals surface area contributed by atoms with Crippen molar-refractivity contribution >= 4 is 27.9 Å². The van der Waals surface area contributed by atoms with Crippen LogP contribution >= 0.6 is 15.9 Å². The van der Waals surface area contributed by atoms with Crippen LogP contribution in [0.25, 0.3) is 0 Å². The molecule has 6 heteroatoms. The average Bonchev–Trinajstić information content (AvgIpc) is 2.56. The first-order chi connectivity index (χ1) is 11.9. The molecule has 0 unspecified atom stereocenters. The lowest BCUT2D eigenvalue weighted by Gasteiger charge is -2.10. The molecule has 0 spiro atoms. The fourth-order valence-electron chi connectivity index (χ4n) is 2.04. The summed E-state index contributed by atoms with van der Waals surface area (Å²) in [4.78, 5) is 24.2. The van der Waals surface area contributed by atoms with Gasteiger partial charge in [-0.25, -0.2) is 9.59 Å². The van der Waals surface area contributed by atoms with Crippen LogP contribution < -0.4 is 9.47 Å². The second-order valence-electron chi connectivity index (χ2n) is 5.45. The lowest BCUT2D eigenvalue weighted by Crippen LogP contribution is -2.12. The topological polar surface area (TPSA) is 61.8 Å². The van der Waals surface area contributed by atoms with Gasteiger partial charge in [0.25, 0.3) is 0 Å². The summed E-state index contributed by atoms with van der Waals surface area (Å²) in [6.07, 6.45) is -0.222. The molecule has 0 aromatic heterocycles. The Morgan fingerprint density at radius 1 is 1.04 bits per heavy atom. The molecule has 0 fully saturated rings. The van der Waals surface area contributed by atoms with Crippen LogP contribution in [0.4, 0.5) is 0 Å². The largest absolute Gasteiger partial charge is 0.493 e. The average molecular weight is 407 g/mol. The van der Waals surface area contributed by atoms with Gasteiger partial charge in [0.1, 0.15) is 11.5 Å². The van der Waals surface area contributed by atoms with Crippen molar-refractivity contribution < 1.29 is 23.8 Å². The summed E-state index contributed by atoms with van der Waals surface area (Å²) < 4.78 is 16.6. The molecule has 132 valence electrons. The number of hydrogen-bond acceptors (Lipinski definition) is 5. The monoisotopic (exact) mass is 406 g/mol. The van der Waals surface area contributed by atoms with Gasteiger partial charge >= 0.3 is 11.9 Å². The van der Waals surface area contributed by atoms with E-state index in [1.165, 1.54) is 6.07 Å². The first-order valence-corrected chi connectivity index (χ1v) is 8.65. The Kier molecular flexibility index (Phi) is 6.58. The fraction of sp³-hybridized carbons (Fsp3) is 0.263. The maximum Gasteiger partial charge on any atom is 0.343 e. The van der Waals surface area contributed by atoms with E-state index in [9.17, 15) is 9.59 Å². The maximum atomic E-state index is 12.3. The van der Waals surface area contributed by atoms with Gasteiger partial charge in [-0.2, -0.15) is 0 Å². The predicted molar refractivity (Wildman–Crippen MR) is 97.3 cm³/mol. The van der Waals surface area contributed by atoms with Crippen LogP contribution in [0.1, 0.15) is 41.5 Å². The molecule has 0 aliphatic carbocycles. The SMILES string of the molecule is CCOc1ccc(C(=O)Oc2cccc(C(=O)OC(C)C)c2)cc1Br. The molecule has 2 aromatic carbocycles. The number of halogens is 1. The smallest absolute Gasteiger partial charge is 0.343 e. The van der Waals surface area contributed by atoms with Gasteiger partial charge in [0.05, 0.1) is 28.3 Å². The number of ether oxygens (including phenoxy) is 3. The summed E-state index contributed by atoms with van der Waals surface area (Å²) in [6.45, 7) is 5.95. The Labute approximate surface area is 155 Å². The van der Waals surface area contributed by atoms with Crippen molar-refractivity contribution in [3.8, 4) is 11.5 Å². The van der Waals surface area contributed by atoms with Gasteiger partial charge in [-0.1, -0.05) is 6.07 Å². The highest BCUT2D eigenvalue weighted by Gasteiger charge is 2.14. The summed E-state index contributed by atoms with van der Waals surface area (Å²) in [5, 5.41) is 0. The Bertz CT molecular complexity index is 770. The summed E-state index contributed by atoms with van der Waals surface area (Å²) in [7, 11) is 0. The van der Waals surface area contributed by atoms with E-state index >= 15 is 0 Å². The zero-order valence-electron chi connectivity index (χ0n) is 14.2. The molecule has 0 aliphatic heterocycles. The van der Waals surface area contributed by atoms with Gasteiger partial charge in [0.2, 0.25) is 0 Å². The zero-order valence-corrected chi connectivity index (χ0v) is 15.8. The van der Waals surface area contributed by atoms with E-state index in [1.54, 1.807) is 50.2 Å². The van der Waals surface area contributed by atoms with Crippen LogP contribution in [-0.4, -0.2) is 24.6 Å². The Hall–Kier alpha value is -2.34. The van der Waals surface area contributed by atoms with Crippen LogP contribution in [0.3, 0.4) is 0 Å². The summed E-state index contributed by atoms with van der Waals surface area (Å²) >= 11 is 3.36. The fourth-order valence-corrected chi connectivity index (χ4v) is 2.53. The van der Waals surface area contributed by atoms with Gasteiger partial charge in [-0.3, -0.25) is 0 Å². The third-order valence-electron chi connectivity index (χ3n) is 3.09. The number of carbonyl (C=O) groups is 2. The second-order valence-corrected chi connectivity index (χ2v) is 6.30. The molecule has 0 radical (unpaired) electrons. The van der Waals surface area contributed by atoms with Crippen LogP contribution in [-0.2, 0) is 4.74 Å². The number of rotatable bonds is 6. The maximum absolute atomic E-state index is 12.3. The minimum atomic E-state index is -0.530. The Morgan fingerprint density at radius 2 is 1.76 bits per heavy atom. The summed E-state index contributed by atoms with van der Waals surface area (Å²) in [5.74, 6) is -0.0690. The van der Waals surface area contributed by atoms with E-state index in [0.717, 1.165) is 0 Å². The van der Waals surface area contributed by atoms with Crippen molar-refractivity contribution in [1.29, 1.82) is 0 Å². The van der Waals surface area contributed by atoms with E-state index in [0.29, 0.717) is 28.0 Å². The first kappa shape index (κ1) is 19.0. The first-order valence-electron chi connectivity index (χ1n) is 7.86. The molecule has 0 heterocycles. The van der Waals surface area contributed by atoms with Crippen molar-refractivity contribution in [3.63, 3.8) is 0 Å². The molecule has 0 aliphatic rings. The molecule has 0 amide bonds. The minimum Gasteiger partial charge on any atom is -0.493 e. The molecule has 0 atom stereocenters. The molecule has 0 bridgehead atoms. The standard InChI is InChI=1S/C19H19BrO5/c1-4-23-17-9-8-14(11-16(17)20)19(22)25-15-7-5-6-13(10-15)18(21)24-12(2)3/h5-12H,4H2,1-3H3. The molecule has 25 heavy (non-hydrogen) atoms. The molecular formula is C19H19BrO5. The second kappa shape index (κ2) is 8.67. The molecule has 0 saturated carbocycles. The van der Waals surface area contributed by atoms with Crippen LogP contribution in [0.2, 0.25) is 0 Å². The number of benzene rings is 2. The van der Waals surface area contributed by atoms with Crippen LogP contribution in [0, 0.1) is 0 Å². The van der Waals surface area contributed by atoms with Crippen LogP contribution in [0.15, 0.2) is 46.9 Å². The van der Waals surface area contributed by atoms with Gasteiger partial charge in [0.15, 0.2) is 0 Å². The van der Waals surface area contributed by atoms with Gasteiger partial charge in [0, 0.05) is 0 Å². The number of hydrogen-bond donors (Lipinski definition) is 0. The highest BCUT2D eigenvalue weighted by molar-refractivity contribution is 9.10. The van der Waals surface area contributed by atoms with Crippen molar-refractivity contribution in [1.82, 2.24) is 0 Å². The minimum absolute atomic E-state index is 0.222. The van der Waals surface area contributed by atoms with E-state index in [1.807, 2.05) is 6.92 Å². The third kappa shape index (κ3) is 5.32. The van der Waals surface area contributed by atoms with E-state index in [4.69, 9.17) is 14.2 Å². The van der Waals surface area contributed by atoms with Crippen LogP contribution in [0.5, 0.6) is 11.5 Å². The van der Waals surface area contributed by atoms with E-state index < -0.39 is 11.9 Å². The number of esters is 2. The number of carbonyl (C=O) groups excluding carboxylic acids is 2. The molecule has 2 rings (SSSR count). The predicted octanol–water partition coefficient (Wildman–Crippen LogP) is 4.63. The van der Waals surface area contributed by atoms with Gasteiger partial charge < -0.3 is 14.2 Å². The zero-order chi connectivity index (χ0) is 18.4. The van der Waals surface area contributed by atoms with Gasteiger partial charge in [-0.15, -0.1) is 0 Å². The van der Waals surface area contributed by atoms with Gasteiger partial charge in [-0.05, 0) is 73.1 Å². The molecular weight excluding hydrogens is 388 g/mol. The van der Waals surface area contributed by atoms with Crippen molar-refractivity contribution in [2.75, 3.05) is 6.61 Å². The highest BCUT2D eigenvalue weighted by atomic mass is 79.9. The summed E-state index contributed by atoms with van der Waals surface area (Å²) in [6, 6.07) is 11.3. The highest BCUT2D eigenvalue weighted by Crippen LogP contribution is 2.26. The van der Waals surface area contributed by atoms with Crippen molar-refractivity contribution in [3.05, 3.63) is 58.1 Å². The molecule has 2 aromatic rings. The third-order valence-corrected chi connectivity index (χ3v) is 3.71. The Morgan fingerprint density at radius 3 is 2.40 bits per heavy atom. The lowest BCUT2D eigenvalue weighted by atomic mass is 10.2. The summed E-state index contributed by atoms with van der Waals surface area (Å²) in [5.41, 5.74) is 0.692. The quantitative estimate of drug-likeness (QED) is 0.516. The Balaban J connectivity index is 2.13. The normalized spacial score (nSPS) is 10.4.